The predicted molar refractivity (Wildman–Crippen MR) is 72.0 cm³/mol. The highest BCUT2D eigenvalue weighted by atomic mass is 14.9. The number of nitrogens with zero attached hydrogens (tertiary/aromatic N) is 2. The summed E-state index contributed by atoms with van der Waals surface area (Å²) in [5.74, 6) is 1.58. The van der Waals surface area contributed by atoms with Crippen molar-refractivity contribution < 1.29 is 0 Å². The highest BCUT2D eigenvalue weighted by Gasteiger charge is 2.09. The van der Waals surface area contributed by atoms with Gasteiger partial charge in [-0.1, -0.05) is 27.7 Å². The molecule has 1 aromatic rings. The van der Waals surface area contributed by atoms with Crippen molar-refractivity contribution in [3.8, 4) is 0 Å². The van der Waals surface area contributed by atoms with E-state index in [1.165, 1.54) is 5.56 Å². The first kappa shape index (κ1) is 14.1. The van der Waals surface area contributed by atoms with Crippen molar-refractivity contribution in [2.45, 2.75) is 60.5 Å². The molecule has 96 valence electrons. The molecule has 0 saturated heterocycles. The van der Waals surface area contributed by atoms with Crippen molar-refractivity contribution in [2.75, 3.05) is 0 Å². The van der Waals surface area contributed by atoms with Gasteiger partial charge in [-0.25, -0.2) is 9.97 Å². The number of hydrogen-bond donors (Lipinski definition) is 1. The van der Waals surface area contributed by atoms with Gasteiger partial charge in [0.05, 0.1) is 0 Å². The van der Waals surface area contributed by atoms with Crippen LogP contribution >= 0.6 is 0 Å². The molecule has 0 aliphatic heterocycles. The molecule has 0 unspecified atom stereocenters. The van der Waals surface area contributed by atoms with Crippen LogP contribution in [0.15, 0.2) is 0 Å². The predicted octanol–water partition coefficient (Wildman–Crippen LogP) is 2.79. The summed E-state index contributed by atoms with van der Waals surface area (Å²) in [5, 5.41) is 3.42. The van der Waals surface area contributed by atoms with Gasteiger partial charge in [-0.3, -0.25) is 0 Å². The molecule has 0 amide bonds. The van der Waals surface area contributed by atoms with E-state index in [0.717, 1.165) is 30.2 Å². The van der Waals surface area contributed by atoms with Gasteiger partial charge >= 0.3 is 0 Å². The Hall–Kier alpha value is -0.960. The molecule has 1 rings (SSSR count). The van der Waals surface area contributed by atoms with Crippen molar-refractivity contribution >= 4 is 0 Å². The van der Waals surface area contributed by atoms with Crippen LogP contribution in [0.4, 0.5) is 0 Å². The normalized spacial score (nSPS) is 11.5. The van der Waals surface area contributed by atoms with E-state index in [1.54, 1.807) is 0 Å². The average molecular weight is 235 g/mol. The third-order valence-corrected chi connectivity index (χ3v) is 2.74. The Labute approximate surface area is 105 Å². The monoisotopic (exact) mass is 235 g/mol. The highest BCUT2D eigenvalue weighted by Crippen LogP contribution is 2.12. The van der Waals surface area contributed by atoms with Gasteiger partial charge in [0.25, 0.3) is 0 Å². The van der Waals surface area contributed by atoms with E-state index in [1.807, 2.05) is 0 Å². The van der Waals surface area contributed by atoms with Crippen LogP contribution in [0.1, 0.15) is 50.5 Å². The zero-order chi connectivity index (χ0) is 13.0. The van der Waals surface area contributed by atoms with Gasteiger partial charge in [0.1, 0.15) is 5.82 Å². The lowest BCUT2D eigenvalue weighted by Gasteiger charge is -2.14. The Kier molecular flexibility index (Phi) is 5.06. The molecule has 0 spiro atoms. The van der Waals surface area contributed by atoms with Gasteiger partial charge in [0.15, 0.2) is 0 Å². The number of rotatable bonds is 5. The molecule has 0 atom stereocenters. The topological polar surface area (TPSA) is 37.8 Å². The number of aromatic nitrogens is 2. The summed E-state index contributed by atoms with van der Waals surface area (Å²) in [6, 6.07) is 0.490. The smallest absolute Gasteiger partial charge is 0.129 e. The van der Waals surface area contributed by atoms with Crippen molar-refractivity contribution in [3.63, 3.8) is 0 Å². The maximum absolute atomic E-state index is 4.60. The molecule has 1 N–H and O–H groups in total. The average Bonchev–Trinajstić information content (AvgIpc) is 2.14. The summed E-state index contributed by atoms with van der Waals surface area (Å²) in [5.41, 5.74) is 3.47. The Morgan fingerprint density at radius 3 is 1.94 bits per heavy atom. The molecule has 17 heavy (non-hydrogen) atoms. The minimum absolute atomic E-state index is 0.490. The molecular formula is C14H25N3. The fraction of sp³-hybridized carbons (Fsp3) is 0.714. The minimum atomic E-state index is 0.490. The lowest BCUT2D eigenvalue weighted by Crippen LogP contribution is -2.23. The first-order valence-corrected chi connectivity index (χ1v) is 6.46. The van der Waals surface area contributed by atoms with Crippen molar-refractivity contribution in [1.82, 2.24) is 15.3 Å². The largest absolute Gasteiger partial charge is 0.310 e. The van der Waals surface area contributed by atoms with Crippen molar-refractivity contribution in [1.29, 1.82) is 0 Å². The Morgan fingerprint density at radius 1 is 1.00 bits per heavy atom. The molecule has 0 fully saturated rings. The summed E-state index contributed by atoms with van der Waals surface area (Å²) < 4.78 is 0. The van der Waals surface area contributed by atoms with Crippen LogP contribution in [0.3, 0.4) is 0 Å². The molecule has 0 radical (unpaired) electrons. The SMILES string of the molecule is Cc1nc(CC(C)C)nc(C)c1CNC(C)C. The molecule has 3 heteroatoms. The van der Waals surface area contributed by atoms with E-state index in [4.69, 9.17) is 0 Å². The Balaban J connectivity index is 2.86. The molecule has 0 bridgehead atoms. The van der Waals surface area contributed by atoms with E-state index >= 15 is 0 Å². The maximum Gasteiger partial charge on any atom is 0.129 e. The van der Waals surface area contributed by atoms with Crippen molar-refractivity contribution in [2.24, 2.45) is 5.92 Å². The van der Waals surface area contributed by atoms with E-state index < -0.39 is 0 Å². The second kappa shape index (κ2) is 6.10. The quantitative estimate of drug-likeness (QED) is 0.853. The van der Waals surface area contributed by atoms with Gasteiger partial charge in [-0.2, -0.15) is 0 Å². The molecule has 0 aliphatic carbocycles. The standard InChI is InChI=1S/C14H25N3/c1-9(2)7-14-16-11(5)13(12(6)17-14)8-15-10(3)4/h9-10,15H,7-8H2,1-6H3. The fourth-order valence-electron chi connectivity index (χ4n) is 1.83. The Bertz CT molecular complexity index is 347. The van der Waals surface area contributed by atoms with E-state index in [2.05, 4.69) is 56.8 Å². The number of nitrogens with one attached hydrogen (secondary N) is 1. The van der Waals surface area contributed by atoms with Crippen LogP contribution in [-0.2, 0) is 13.0 Å². The summed E-state index contributed by atoms with van der Waals surface area (Å²) in [6.45, 7) is 13.7. The lowest BCUT2D eigenvalue weighted by molar-refractivity contribution is 0.577. The van der Waals surface area contributed by atoms with Gasteiger partial charge in [-0.15, -0.1) is 0 Å². The summed E-state index contributed by atoms with van der Waals surface area (Å²) in [6.07, 6.45) is 0.958. The second-order valence-corrected chi connectivity index (χ2v) is 5.42. The van der Waals surface area contributed by atoms with Crippen LogP contribution in [0.2, 0.25) is 0 Å². The minimum Gasteiger partial charge on any atom is -0.310 e. The van der Waals surface area contributed by atoms with Crippen LogP contribution in [0.25, 0.3) is 0 Å². The van der Waals surface area contributed by atoms with Crippen LogP contribution in [0, 0.1) is 19.8 Å². The summed E-state index contributed by atoms with van der Waals surface area (Å²) in [7, 11) is 0. The lowest BCUT2D eigenvalue weighted by atomic mass is 10.1. The van der Waals surface area contributed by atoms with Gasteiger partial charge in [-0.05, 0) is 19.8 Å². The van der Waals surface area contributed by atoms with E-state index in [9.17, 15) is 0 Å². The molecule has 3 nitrogen and oxygen atoms in total. The third kappa shape index (κ3) is 4.43. The number of aryl methyl sites for hydroxylation is 2. The first-order chi connectivity index (χ1) is 7.90. The van der Waals surface area contributed by atoms with Crippen LogP contribution in [0.5, 0.6) is 0 Å². The molecule has 1 heterocycles. The molecule has 0 aromatic carbocycles. The molecular weight excluding hydrogens is 210 g/mol. The van der Waals surface area contributed by atoms with Crippen LogP contribution in [-0.4, -0.2) is 16.0 Å². The summed E-state index contributed by atoms with van der Waals surface area (Å²) >= 11 is 0. The highest BCUT2D eigenvalue weighted by molar-refractivity contribution is 5.24. The first-order valence-electron chi connectivity index (χ1n) is 6.46. The maximum atomic E-state index is 4.60. The number of hydrogen-bond acceptors (Lipinski definition) is 3. The second-order valence-electron chi connectivity index (χ2n) is 5.42. The van der Waals surface area contributed by atoms with E-state index in [-0.39, 0.29) is 0 Å². The zero-order valence-electron chi connectivity index (χ0n) is 12.0. The van der Waals surface area contributed by atoms with Gasteiger partial charge < -0.3 is 5.32 Å². The van der Waals surface area contributed by atoms with Crippen molar-refractivity contribution in [3.05, 3.63) is 22.8 Å². The molecule has 0 saturated carbocycles. The van der Waals surface area contributed by atoms with Gasteiger partial charge in [0.2, 0.25) is 0 Å². The Morgan fingerprint density at radius 2 is 1.53 bits per heavy atom. The van der Waals surface area contributed by atoms with Crippen LogP contribution < -0.4 is 5.32 Å². The van der Waals surface area contributed by atoms with E-state index in [0.29, 0.717) is 12.0 Å². The zero-order valence-corrected chi connectivity index (χ0v) is 12.0. The third-order valence-electron chi connectivity index (χ3n) is 2.74. The summed E-state index contributed by atoms with van der Waals surface area (Å²) in [4.78, 5) is 9.20. The molecule has 0 aliphatic rings. The van der Waals surface area contributed by atoms with Gasteiger partial charge in [0, 0.05) is 36.0 Å². The molecule has 1 aromatic heterocycles. The fourth-order valence-corrected chi connectivity index (χ4v) is 1.83.